The second-order valence-electron chi connectivity index (χ2n) is 9.72. The Hall–Kier alpha value is -3.32. The zero-order valence-electron chi connectivity index (χ0n) is 22.0. The van der Waals surface area contributed by atoms with Crippen molar-refractivity contribution in [2.75, 3.05) is 26.9 Å². The molecule has 1 amide bonds. The van der Waals surface area contributed by atoms with Crippen LogP contribution in [0.3, 0.4) is 0 Å². The number of benzene rings is 2. The Morgan fingerprint density at radius 2 is 1.75 bits per heavy atom. The molecule has 2 aromatic rings. The maximum absolute atomic E-state index is 13.2. The lowest BCUT2D eigenvalue weighted by Gasteiger charge is -2.25. The van der Waals surface area contributed by atoms with Crippen LogP contribution in [0.4, 0.5) is 0 Å². The summed E-state index contributed by atoms with van der Waals surface area (Å²) in [6, 6.07) is 11.8. The van der Waals surface area contributed by atoms with Crippen molar-refractivity contribution in [3.8, 4) is 11.5 Å². The summed E-state index contributed by atoms with van der Waals surface area (Å²) in [6.45, 7) is 11.3. The standard InChI is InChI=1S/C29H37NO6/c1-18(2)17-36-24-13-10-22(16-20(24)5)27(31)25-26(21-8-11-23(34-6)12-9-21)30(29(33)28(25)32)14-7-15-35-19(3)4/h8-13,16,18-19,26,31H,7,14-15,17H2,1-6H3/b27-25-. The van der Waals surface area contributed by atoms with Crippen molar-refractivity contribution in [2.24, 2.45) is 5.92 Å². The molecule has 0 aliphatic carbocycles. The molecular formula is C29H37NO6. The van der Waals surface area contributed by atoms with Crippen molar-refractivity contribution in [3.63, 3.8) is 0 Å². The van der Waals surface area contributed by atoms with Gasteiger partial charge < -0.3 is 24.2 Å². The molecule has 1 fully saturated rings. The number of methoxy groups -OCH3 is 1. The van der Waals surface area contributed by atoms with Gasteiger partial charge >= 0.3 is 0 Å². The van der Waals surface area contributed by atoms with Crippen LogP contribution in [0, 0.1) is 12.8 Å². The number of ketones is 1. The van der Waals surface area contributed by atoms with Crippen LogP contribution in [0.5, 0.6) is 11.5 Å². The minimum absolute atomic E-state index is 0.0743. The molecule has 0 aromatic heterocycles. The minimum atomic E-state index is -0.716. The number of carbonyl (C=O) groups excluding carboxylic acids is 2. The van der Waals surface area contributed by atoms with Gasteiger partial charge in [-0.25, -0.2) is 0 Å². The SMILES string of the molecule is COc1ccc(C2/C(=C(/O)c3ccc(OCC(C)C)c(C)c3)C(=O)C(=O)N2CCCOC(C)C)cc1. The molecule has 0 spiro atoms. The predicted molar refractivity (Wildman–Crippen MR) is 139 cm³/mol. The summed E-state index contributed by atoms with van der Waals surface area (Å²) in [5.41, 5.74) is 2.09. The first-order valence-corrected chi connectivity index (χ1v) is 12.4. The lowest BCUT2D eigenvalue weighted by atomic mass is 9.94. The van der Waals surface area contributed by atoms with Crippen LogP contribution in [0.1, 0.15) is 56.8 Å². The van der Waals surface area contributed by atoms with E-state index in [0.717, 1.165) is 16.9 Å². The minimum Gasteiger partial charge on any atom is -0.507 e. The van der Waals surface area contributed by atoms with Crippen molar-refractivity contribution in [2.45, 2.75) is 53.2 Å². The largest absolute Gasteiger partial charge is 0.507 e. The Labute approximate surface area is 213 Å². The third kappa shape index (κ3) is 6.26. The molecule has 1 N–H and O–H groups in total. The van der Waals surface area contributed by atoms with Gasteiger partial charge in [-0.1, -0.05) is 26.0 Å². The Morgan fingerprint density at radius 1 is 1.06 bits per heavy atom. The summed E-state index contributed by atoms with van der Waals surface area (Å²) in [7, 11) is 1.58. The first kappa shape index (κ1) is 27.3. The lowest BCUT2D eigenvalue weighted by Crippen LogP contribution is -2.31. The second-order valence-corrected chi connectivity index (χ2v) is 9.72. The highest BCUT2D eigenvalue weighted by Crippen LogP contribution is 2.40. The number of aliphatic hydroxyl groups excluding tert-OH is 1. The van der Waals surface area contributed by atoms with Crippen molar-refractivity contribution in [1.82, 2.24) is 4.90 Å². The van der Waals surface area contributed by atoms with Gasteiger partial charge in [-0.05, 0) is 74.6 Å². The molecule has 36 heavy (non-hydrogen) atoms. The van der Waals surface area contributed by atoms with Gasteiger partial charge in [0.05, 0.1) is 31.4 Å². The molecule has 2 aromatic carbocycles. The molecule has 1 saturated heterocycles. The van der Waals surface area contributed by atoms with Gasteiger partial charge in [0.15, 0.2) is 0 Å². The number of nitrogens with zero attached hydrogens (tertiary/aromatic N) is 1. The van der Waals surface area contributed by atoms with Gasteiger partial charge in [-0.15, -0.1) is 0 Å². The molecule has 1 unspecified atom stereocenters. The van der Waals surface area contributed by atoms with E-state index in [9.17, 15) is 14.7 Å². The third-order valence-corrected chi connectivity index (χ3v) is 5.99. The molecule has 7 heteroatoms. The van der Waals surface area contributed by atoms with Crippen molar-refractivity contribution in [3.05, 3.63) is 64.7 Å². The van der Waals surface area contributed by atoms with Crippen LogP contribution in [-0.4, -0.2) is 54.7 Å². The van der Waals surface area contributed by atoms with E-state index < -0.39 is 17.7 Å². The summed E-state index contributed by atoms with van der Waals surface area (Å²) in [5.74, 6) is 0.232. The number of Topliss-reactive ketones (excluding diaryl/α,β-unsaturated/α-hetero) is 1. The summed E-state index contributed by atoms with van der Waals surface area (Å²) in [4.78, 5) is 27.8. The number of ether oxygens (including phenoxy) is 3. The average Bonchev–Trinajstić information content (AvgIpc) is 3.10. The summed E-state index contributed by atoms with van der Waals surface area (Å²) >= 11 is 0. The maximum Gasteiger partial charge on any atom is 0.295 e. The number of aryl methyl sites for hydroxylation is 1. The Balaban J connectivity index is 2.00. The van der Waals surface area contributed by atoms with Crippen LogP contribution >= 0.6 is 0 Å². The average molecular weight is 496 g/mol. The molecule has 1 aliphatic rings. The number of hydrogen-bond donors (Lipinski definition) is 1. The first-order chi connectivity index (χ1) is 17.1. The molecule has 7 nitrogen and oxygen atoms in total. The number of amides is 1. The van der Waals surface area contributed by atoms with E-state index in [1.807, 2.05) is 32.9 Å². The first-order valence-electron chi connectivity index (χ1n) is 12.4. The highest BCUT2D eigenvalue weighted by Gasteiger charge is 2.45. The van der Waals surface area contributed by atoms with Gasteiger partial charge in [-0.2, -0.15) is 0 Å². The van der Waals surface area contributed by atoms with Gasteiger partial charge in [-0.3, -0.25) is 9.59 Å². The fourth-order valence-electron chi connectivity index (χ4n) is 4.17. The Morgan fingerprint density at radius 3 is 2.33 bits per heavy atom. The topological polar surface area (TPSA) is 85.3 Å². The third-order valence-electron chi connectivity index (χ3n) is 5.99. The smallest absolute Gasteiger partial charge is 0.295 e. The second kappa shape index (κ2) is 12.1. The Kier molecular flexibility index (Phi) is 9.15. The van der Waals surface area contributed by atoms with E-state index in [-0.39, 0.29) is 17.4 Å². The van der Waals surface area contributed by atoms with E-state index in [1.165, 1.54) is 4.90 Å². The number of likely N-dealkylation sites (tertiary alicyclic amines) is 1. The molecule has 194 valence electrons. The maximum atomic E-state index is 13.2. The van der Waals surface area contributed by atoms with Crippen LogP contribution in [-0.2, 0) is 14.3 Å². The molecule has 1 heterocycles. The number of aliphatic hydroxyl groups is 1. The van der Waals surface area contributed by atoms with Gasteiger partial charge in [0.1, 0.15) is 17.3 Å². The van der Waals surface area contributed by atoms with Crippen LogP contribution in [0.15, 0.2) is 48.0 Å². The molecule has 0 saturated carbocycles. The molecule has 3 rings (SSSR count). The molecular weight excluding hydrogens is 458 g/mol. The van der Waals surface area contributed by atoms with E-state index in [0.29, 0.717) is 43.4 Å². The highest BCUT2D eigenvalue weighted by atomic mass is 16.5. The summed E-state index contributed by atoms with van der Waals surface area (Å²) in [6.07, 6.45) is 0.646. The summed E-state index contributed by atoms with van der Waals surface area (Å²) in [5, 5.41) is 11.3. The molecule has 1 atom stereocenters. The van der Waals surface area contributed by atoms with E-state index in [2.05, 4.69) is 13.8 Å². The lowest BCUT2D eigenvalue weighted by molar-refractivity contribution is -0.140. The van der Waals surface area contributed by atoms with Crippen molar-refractivity contribution >= 4 is 17.4 Å². The van der Waals surface area contributed by atoms with Crippen molar-refractivity contribution in [1.29, 1.82) is 0 Å². The Bertz CT molecular complexity index is 1100. The fraction of sp³-hybridized carbons (Fsp3) is 0.448. The van der Waals surface area contributed by atoms with Crippen LogP contribution < -0.4 is 9.47 Å². The van der Waals surface area contributed by atoms with Crippen LogP contribution in [0.25, 0.3) is 5.76 Å². The fourth-order valence-corrected chi connectivity index (χ4v) is 4.17. The molecule has 0 radical (unpaired) electrons. The highest BCUT2D eigenvalue weighted by molar-refractivity contribution is 6.46. The number of hydrogen-bond acceptors (Lipinski definition) is 6. The van der Waals surface area contributed by atoms with Crippen molar-refractivity contribution < 1.29 is 28.9 Å². The van der Waals surface area contributed by atoms with Gasteiger partial charge in [0.2, 0.25) is 0 Å². The quantitative estimate of drug-likeness (QED) is 0.198. The zero-order chi connectivity index (χ0) is 26.4. The number of rotatable bonds is 11. The van der Waals surface area contributed by atoms with Gasteiger partial charge in [0.25, 0.3) is 11.7 Å². The normalized spacial score (nSPS) is 17.3. The monoisotopic (exact) mass is 495 g/mol. The zero-order valence-corrected chi connectivity index (χ0v) is 22.0. The van der Waals surface area contributed by atoms with E-state index in [1.54, 1.807) is 37.4 Å². The van der Waals surface area contributed by atoms with E-state index in [4.69, 9.17) is 14.2 Å². The molecule has 0 bridgehead atoms. The molecule has 1 aliphatic heterocycles. The summed E-state index contributed by atoms with van der Waals surface area (Å²) < 4.78 is 16.7. The van der Waals surface area contributed by atoms with E-state index >= 15 is 0 Å². The van der Waals surface area contributed by atoms with Gasteiger partial charge in [0, 0.05) is 18.7 Å². The number of carbonyl (C=O) groups is 2. The predicted octanol–water partition coefficient (Wildman–Crippen LogP) is 5.28. The van der Waals surface area contributed by atoms with Crippen LogP contribution in [0.2, 0.25) is 0 Å².